The lowest BCUT2D eigenvalue weighted by Crippen LogP contribution is -3.17. The number of nitriles is 1. The summed E-state index contributed by atoms with van der Waals surface area (Å²) >= 11 is 0. The molecule has 0 aromatic rings. The van der Waals surface area contributed by atoms with E-state index in [0.717, 1.165) is 25.9 Å². The minimum absolute atomic E-state index is 0.258. The van der Waals surface area contributed by atoms with Crippen LogP contribution in [0.25, 0.3) is 0 Å². The number of rotatable bonds is 1. The summed E-state index contributed by atoms with van der Waals surface area (Å²) in [7, 11) is 0. The summed E-state index contributed by atoms with van der Waals surface area (Å²) < 4.78 is 5.24. The number of carbonyl (C=O) groups excluding carboxylic acids is 1. The molecule has 3 rings (SSSR count). The Morgan fingerprint density at radius 2 is 2.21 bits per heavy atom. The number of quaternary nitrogens is 1. The summed E-state index contributed by atoms with van der Waals surface area (Å²) in [4.78, 5) is 12.4. The van der Waals surface area contributed by atoms with E-state index < -0.39 is 5.60 Å². The molecule has 3 aliphatic heterocycles. The quantitative estimate of drug-likeness (QED) is 0.553. The largest absolute Gasteiger partial charge is 0.437 e. The van der Waals surface area contributed by atoms with Crippen LogP contribution in [0.5, 0.6) is 0 Å². The third kappa shape index (κ3) is 1.38. The topological polar surface area (TPSA) is 54.5 Å². The van der Waals surface area contributed by atoms with Crippen molar-refractivity contribution in [1.29, 1.82) is 5.26 Å². The number of esters is 1. The number of nitrogens with one attached hydrogen (secondary N) is 1. The molecule has 0 unspecified atom stereocenters. The predicted octanol–water partition coefficient (Wildman–Crippen LogP) is -0.880. The zero-order valence-electron chi connectivity index (χ0n) is 8.38. The van der Waals surface area contributed by atoms with E-state index >= 15 is 0 Å². The molecule has 4 heteroatoms. The number of carbonyl (C=O) groups is 1. The predicted molar refractivity (Wildman–Crippen MR) is 48.4 cm³/mol. The zero-order chi connectivity index (χ0) is 10.2. The van der Waals surface area contributed by atoms with Crippen LogP contribution >= 0.6 is 0 Å². The van der Waals surface area contributed by atoms with Crippen molar-refractivity contribution in [3.63, 3.8) is 0 Å². The van der Waals surface area contributed by atoms with Gasteiger partial charge in [-0.25, -0.2) is 0 Å². The molecule has 1 atom stereocenters. The molecule has 1 N–H and O–H groups in total. The van der Waals surface area contributed by atoms with Crippen LogP contribution in [0.15, 0.2) is 0 Å². The van der Waals surface area contributed by atoms with Gasteiger partial charge in [0.2, 0.25) is 5.60 Å². The van der Waals surface area contributed by atoms with Gasteiger partial charge in [0.1, 0.15) is 12.6 Å². The van der Waals surface area contributed by atoms with Crippen molar-refractivity contribution >= 4 is 5.97 Å². The van der Waals surface area contributed by atoms with Gasteiger partial charge < -0.3 is 9.64 Å². The Morgan fingerprint density at radius 3 is 2.57 bits per heavy atom. The van der Waals surface area contributed by atoms with E-state index in [4.69, 9.17) is 4.74 Å². The first-order chi connectivity index (χ1) is 6.66. The molecule has 4 nitrogen and oxygen atoms in total. The van der Waals surface area contributed by atoms with Crippen LogP contribution in [0.1, 0.15) is 19.8 Å². The van der Waals surface area contributed by atoms with Gasteiger partial charge >= 0.3 is 5.97 Å². The third-order valence-corrected chi connectivity index (χ3v) is 3.38. The molecule has 0 saturated carbocycles. The van der Waals surface area contributed by atoms with Crippen molar-refractivity contribution in [2.75, 3.05) is 19.6 Å². The highest BCUT2D eigenvalue weighted by Crippen LogP contribution is 2.31. The first-order valence-corrected chi connectivity index (χ1v) is 5.11. The Morgan fingerprint density at radius 1 is 1.57 bits per heavy atom. The lowest BCUT2D eigenvalue weighted by molar-refractivity contribution is -0.923. The van der Waals surface area contributed by atoms with Gasteiger partial charge in [-0.2, -0.15) is 5.26 Å². The smallest absolute Gasteiger partial charge is 0.304 e. The Labute approximate surface area is 83.4 Å². The van der Waals surface area contributed by atoms with Gasteiger partial charge in [0, 0.05) is 25.7 Å². The van der Waals surface area contributed by atoms with Gasteiger partial charge in [0.25, 0.3) is 0 Å². The van der Waals surface area contributed by atoms with E-state index in [1.165, 1.54) is 11.8 Å². The molecule has 14 heavy (non-hydrogen) atoms. The Kier molecular flexibility index (Phi) is 2.20. The second-order valence-electron chi connectivity index (χ2n) is 4.30. The fourth-order valence-electron chi connectivity index (χ4n) is 2.71. The number of ether oxygens (including phenoxy) is 1. The summed E-state index contributed by atoms with van der Waals surface area (Å²) in [6.45, 7) is 4.30. The van der Waals surface area contributed by atoms with Crippen LogP contribution in [0.3, 0.4) is 0 Å². The van der Waals surface area contributed by atoms with Gasteiger partial charge in [-0.1, -0.05) is 0 Å². The maximum absolute atomic E-state index is 11.0. The van der Waals surface area contributed by atoms with Crippen LogP contribution < -0.4 is 4.90 Å². The highest BCUT2D eigenvalue weighted by Gasteiger charge is 2.52. The van der Waals surface area contributed by atoms with Crippen molar-refractivity contribution in [3.05, 3.63) is 0 Å². The fourth-order valence-corrected chi connectivity index (χ4v) is 2.71. The highest BCUT2D eigenvalue weighted by atomic mass is 16.6. The molecule has 0 amide bonds. The highest BCUT2D eigenvalue weighted by molar-refractivity contribution is 5.67. The molecule has 0 aromatic carbocycles. The summed E-state index contributed by atoms with van der Waals surface area (Å²) in [6.07, 6.45) is 2.02. The zero-order valence-corrected chi connectivity index (χ0v) is 8.38. The molecule has 3 saturated heterocycles. The number of hydrogen-bond acceptors (Lipinski definition) is 3. The standard InChI is InChI=1S/C10H14N2O2/c1-8(13)14-10(6-11)7-12-4-2-9(10)3-5-12/h9H,2-5,7H2,1H3/p+1/t10-/m1/s1. The van der Waals surface area contributed by atoms with E-state index in [0.29, 0.717) is 6.54 Å². The van der Waals surface area contributed by atoms with Crippen molar-refractivity contribution in [2.45, 2.75) is 25.4 Å². The summed E-state index contributed by atoms with van der Waals surface area (Å²) in [6, 6.07) is 2.22. The SMILES string of the molecule is CC(=O)O[C@]1(C#N)C[NH+]2CCC1CC2. The van der Waals surface area contributed by atoms with Gasteiger partial charge in [-0.3, -0.25) is 4.79 Å². The molecular formula is C10H15N2O2+. The molecule has 3 heterocycles. The molecule has 0 aliphatic carbocycles. The molecule has 0 radical (unpaired) electrons. The fraction of sp³-hybridized carbons (Fsp3) is 0.800. The monoisotopic (exact) mass is 195 g/mol. The van der Waals surface area contributed by atoms with E-state index in [1.54, 1.807) is 0 Å². The molecule has 0 aromatic heterocycles. The minimum atomic E-state index is -0.822. The normalized spacial score (nSPS) is 40.3. The van der Waals surface area contributed by atoms with Gasteiger partial charge in [-0.15, -0.1) is 0 Å². The van der Waals surface area contributed by atoms with Crippen LogP contribution in [-0.2, 0) is 9.53 Å². The molecule has 3 aliphatic rings. The maximum atomic E-state index is 11.0. The first-order valence-electron chi connectivity index (χ1n) is 5.11. The van der Waals surface area contributed by atoms with Gasteiger partial charge in [-0.05, 0) is 0 Å². The number of fused-ring (bicyclic) bond motifs is 3. The van der Waals surface area contributed by atoms with Crippen molar-refractivity contribution < 1.29 is 14.4 Å². The van der Waals surface area contributed by atoms with Gasteiger partial charge in [0.15, 0.2) is 0 Å². The van der Waals surface area contributed by atoms with E-state index in [9.17, 15) is 10.1 Å². The minimum Gasteiger partial charge on any atom is -0.437 e. The van der Waals surface area contributed by atoms with Crippen LogP contribution in [0.4, 0.5) is 0 Å². The average molecular weight is 195 g/mol. The second-order valence-corrected chi connectivity index (χ2v) is 4.30. The first kappa shape index (κ1) is 9.47. The van der Waals surface area contributed by atoms with Crippen LogP contribution in [0.2, 0.25) is 0 Å². The molecule has 76 valence electrons. The lowest BCUT2D eigenvalue weighted by atomic mass is 9.76. The van der Waals surface area contributed by atoms with E-state index in [1.807, 2.05) is 0 Å². The summed E-state index contributed by atoms with van der Waals surface area (Å²) in [5, 5.41) is 9.17. The number of nitrogens with zero attached hydrogens (tertiary/aromatic N) is 1. The summed E-state index contributed by atoms with van der Waals surface area (Å²) in [5.74, 6) is -0.0754. The maximum Gasteiger partial charge on any atom is 0.304 e. The second kappa shape index (κ2) is 3.25. The lowest BCUT2D eigenvalue weighted by Gasteiger charge is -2.45. The van der Waals surface area contributed by atoms with Crippen LogP contribution in [0, 0.1) is 17.2 Å². The third-order valence-electron chi connectivity index (χ3n) is 3.38. The molecule has 3 fully saturated rings. The van der Waals surface area contributed by atoms with Crippen molar-refractivity contribution in [3.8, 4) is 6.07 Å². The van der Waals surface area contributed by atoms with E-state index in [-0.39, 0.29) is 11.9 Å². The number of hydrogen-bond donors (Lipinski definition) is 1. The van der Waals surface area contributed by atoms with Gasteiger partial charge in [0.05, 0.1) is 13.1 Å². The summed E-state index contributed by atoms with van der Waals surface area (Å²) in [5.41, 5.74) is -0.822. The Bertz CT molecular complexity index is 289. The average Bonchev–Trinajstić information content (AvgIpc) is 2.18. The number of piperidine rings is 3. The van der Waals surface area contributed by atoms with E-state index in [2.05, 4.69) is 6.07 Å². The van der Waals surface area contributed by atoms with Crippen LogP contribution in [-0.4, -0.2) is 31.2 Å². The van der Waals surface area contributed by atoms with Crippen molar-refractivity contribution in [2.24, 2.45) is 5.92 Å². The Hall–Kier alpha value is -1.08. The molecule has 2 bridgehead atoms. The van der Waals surface area contributed by atoms with Crippen molar-refractivity contribution in [1.82, 2.24) is 0 Å². The molecular weight excluding hydrogens is 180 g/mol. The molecule has 0 spiro atoms. The Balaban J connectivity index is 2.20.